The van der Waals surface area contributed by atoms with E-state index in [4.69, 9.17) is 0 Å². The minimum Gasteiger partial charge on any atom is -0.381 e. The van der Waals surface area contributed by atoms with Gasteiger partial charge in [0.15, 0.2) is 0 Å². The molecule has 0 aliphatic carbocycles. The summed E-state index contributed by atoms with van der Waals surface area (Å²) in [4.78, 5) is 2.67. The lowest BCUT2D eigenvalue weighted by Gasteiger charge is -2.43. The van der Waals surface area contributed by atoms with Gasteiger partial charge in [-0.15, -0.1) is 0 Å². The number of para-hydroxylation sites is 2. The van der Waals surface area contributed by atoms with Crippen molar-refractivity contribution in [1.82, 2.24) is 0 Å². The Morgan fingerprint density at radius 2 is 1.94 bits per heavy atom. The standard InChI is InChI=1S/C15H22N2/c1-15(2,3)14-9-8-11-10-16-12-6-4-5-7-13(12)17(11)14/h4-7,11,14,16H,8-10H2,1-3H3/t11-,14+/m1/s1. The van der Waals surface area contributed by atoms with Crippen molar-refractivity contribution < 1.29 is 0 Å². The van der Waals surface area contributed by atoms with Crippen molar-refractivity contribution in [3.8, 4) is 0 Å². The first-order chi connectivity index (χ1) is 8.07. The molecule has 2 aliphatic heterocycles. The molecular formula is C15H22N2. The molecule has 1 aromatic rings. The minimum atomic E-state index is 0.360. The zero-order chi connectivity index (χ0) is 12.0. The molecule has 2 aliphatic rings. The van der Waals surface area contributed by atoms with Crippen molar-refractivity contribution in [3.63, 3.8) is 0 Å². The lowest BCUT2D eigenvalue weighted by Crippen LogP contribution is -2.48. The van der Waals surface area contributed by atoms with Crippen molar-refractivity contribution >= 4 is 11.4 Å². The molecule has 0 spiro atoms. The Labute approximate surface area is 104 Å². The van der Waals surface area contributed by atoms with E-state index >= 15 is 0 Å². The number of fused-ring (bicyclic) bond motifs is 3. The van der Waals surface area contributed by atoms with Crippen LogP contribution in [0.25, 0.3) is 0 Å². The average molecular weight is 230 g/mol. The Balaban J connectivity index is 2.02. The largest absolute Gasteiger partial charge is 0.381 e. The van der Waals surface area contributed by atoms with Gasteiger partial charge < -0.3 is 10.2 Å². The fourth-order valence-electron chi connectivity index (χ4n) is 3.37. The normalized spacial score (nSPS) is 27.4. The van der Waals surface area contributed by atoms with Crippen LogP contribution in [-0.4, -0.2) is 18.6 Å². The van der Waals surface area contributed by atoms with Crippen molar-refractivity contribution in [2.75, 3.05) is 16.8 Å². The van der Waals surface area contributed by atoms with Gasteiger partial charge in [0.05, 0.1) is 11.4 Å². The summed E-state index contributed by atoms with van der Waals surface area (Å²) in [5.74, 6) is 0. The smallest absolute Gasteiger partial charge is 0.0607 e. The Kier molecular flexibility index (Phi) is 2.35. The Morgan fingerprint density at radius 1 is 1.18 bits per heavy atom. The maximum absolute atomic E-state index is 3.56. The molecule has 1 N–H and O–H groups in total. The van der Waals surface area contributed by atoms with Crippen molar-refractivity contribution in [2.45, 2.75) is 45.7 Å². The van der Waals surface area contributed by atoms with Crippen LogP contribution in [0.4, 0.5) is 11.4 Å². The molecule has 3 rings (SSSR count). The van der Waals surface area contributed by atoms with E-state index < -0.39 is 0 Å². The summed E-state index contributed by atoms with van der Waals surface area (Å²) in [5, 5.41) is 3.56. The van der Waals surface area contributed by atoms with E-state index in [0.29, 0.717) is 17.5 Å². The highest BCUT2D eigenvalue weighted by Crippen LogP contribution is 2.44. The molecule has 92 valence electrons. The quantitative estimate of drug-likeness (QED) is 0.734. The number of benzene rings is 1. The van der Waals surface area contributed by atoms with E-state index in [2.05, 4.69) is 55.3 Å². The van der Waals surface area contributed by atoms with Gasteiger partial charge in [-0.05, 0) is 30.4 Å². The second-order valence-electron chi connectivity index (χ2n) is 6.42. The van der Waals surface area contributed by atoms with Gasteiger partial charge in [-0.1, -0.05) is 32.9 Å². The van der Waals surface area contributed by atoms with Crippen LogP contribution in [0, 0.1) is 5.41 Å². The van der Waals surface area contributed by atoms with E-state index in [-0.39, 0.29) is 0 Å². The number of nitrogens with one attached hydrogen (secondary N) is 1. The minimum absolute atomic E-state index is 0.360. The van der Waals surface area contributed by atoms with E-state index in [9.17, 15) is 0 Å². The van der Waals surface area contributed by atoms with Crippen LogP contribution in [-0.2, 0) is 0 Å². The summed E-state index contributed by atoms with van der Waals surface area (Å²) in [7, 11) is 0. The van der Waals surface area contributed by atoms with Gasteiger partial charge in [0.25, 0.3) is 0 Å². The van der Waals surface area contributed by atoms with E-state index in [1.54, 1.807) is 0 Å². The van der Waals surface area contributed by atoms with Crippen LogP contribution in [0.3, 0.4) is 0 Å². The molecular weight excluding hydrogens is 208 g/mol. The van der Waals surface area contributed by atoms with Gasteiger partial charge in [0.1, 0.15) is 0 Å². The molecule has 2 atom stereocenters. The fourth-order valence-corrected chi connectivity index (χ4v) is 3.37. The average Bonchev–Trinajstić information content (AvgIpc) is 2.72. The fraction of sp³-hybridized carbons (Fsp3) is 0.600. The predicted octanol–water partition coefficient (Wildman–Crippen LogP) is 3.50. The highest BCUT2D eigenvalue weighted by atomic mass is 15.3. The molecule has 1 fully saturated rings. The summed E-state index contributed by atoms with van der Waals surface area (Å²) < 4.78 is 0. The number of rotatable bonds is 0. The summed E-state index contributed by atoms with van der Waals surface area (Å²) in [6, 6.07) is 10.1. The second-order valence-corrected chi connectivity index (χ2v) is 6.42. The summed E-state index contributed by atoms with van der Waals surface area (Å²) in [6.07, 6.45) is 2.65. The van der Waals surface area contributed by atoms with E-state index in [0.717, 1.165) is 6.54 Å². The highest BCUT2D eigenvalue weighted by molar-refractivity contribution is 5.73. The topological polar surface area (TPSA) is 15.3 Å². The third-order valence-electron chi connectivity index (χ3n) is 4.21. The lowest BCUT2D eigenvalue weighted by molar-refractivity contribution is 0.317. The van der Waals surface area contributed by atoms with Gasteiger partial charge in [-0.3, -0.25) is 0 Å². The van der Waals surface area contributed by atoms with Crippen LogP contribution >= 0.6 is 0 Å². The van der Waals surface area contributed by atoms with E-state index in [1.807, 2.05) is 0 Å². The van der Waals surface area contributed by atoms with Crippen molar-refractivity contribution in [2.24, 2.45) is 5.41 Å². The third kappa shape index (κ3) is 1.70. The maximum Gasteiger partial charge on any atom is 0.0607 e. The molecule has 1 aromatic carbocycles. The molecule has 0 radical (unpaired) electrons. The molecule has 0 amide bonds. The Morgan fingerprint density at radius 3 is 2.71 bits per heavy atom. The van der Waals surface area contributed by atoms with Gasteiger partial charge in [0.2, 0.25) is 0 Å². The monoisotopic (exact) mass is 230 g/mol. The van der Waals surface area contributed by atoms with Gasteiger partial charge in [0, 0.05) is 18.6 Å². The highest BCUT2D eigenvalue weighted by Gasteiger charge is 2.42. The molecule has 2 heteroatoms. The number of hydrogen-bond donors (Lipinski definition) is 1. The molecule has 17 heavy (non-hydrogen) atoms. The number of hydrogen-bond acceptors (Lipinski definition) is 2. The van der Waals surface area contributed by atoms with E-state index in [1.165, 1.54) is 24.2 Å². The van der Waals surface area contributed by atoms with Crippen LogP contribution in [0.5, 0.6) is 0 Å². The van der Waals surface area contributed by atoms with Crippen LogP contribution in [0.1, 0.15) is 33.6 Å². The first-order valence-electron chi connectivity index (χ1n) is 6.68. The second kappa shape index (κ2) is 3.66. The molecule has 0 bridgehead atoms. The molecule has 2 nitrogen and oxygen atoms in total. The number of anilines is 2. The molecule has 2 heterocycles. The first kappa shape index (κ1) is 10.9. The van der Waals surface area contributed by atoms with Crippen LogP contribution in [0.2, 0.25) is 0 Å². The SMILES string of the molecule is CC(C)(C)[C@@H]1CC[C@@H]2CNc3ccccc3N21. The molecule has 1 saturated heterocycles. The van der Waals surface area contributed by atoms with Crippen molar-refractivity contribution in [3.05, 3.63) is 24.3 Å². The van der Waals surface area contributed by atoms with Gasteiger partial charge in [-0.2, -0.15) is 0 Å². The van der Waals surface area contributed by atoms with Gasteiger partial charge >= 0.3 is 0 Å². The summed E-state index contributed by atoms with van der Waals surface area (Å²) in [5.41, 5.74) is 3.07. The summed E-state index contributed by atoms with van der Waals surface area (Å²) in [6.45, 7) is 8.20. The van der Waals surface area contributed by atoms with Crippen molar-refractivity contribution in [1.29, 1.82) is 0 Å². The lowest BCUT2D eigenvalue weighted by atomic mass is 9.85. The number of nitrogens with zero attached hydrogens (tertiary/aromatic N) is 1. The van der Waals surface area contributed by atoms with Gasteiger partial charge in [-0.25, -0.2) is 0 Å². The Hall–Kier alpha value is -1.18. The Bertz CT molecular complexity index is 419. The molecule has 0 aromatic heterocycles. The maximum atomic E-state index is 3.56. The predicted molar refractivity (Wildman–Crippen MR) is 73.7 cm³/mol. The molecule has 0 saturated carbocycles. The first-order valence-corrected chi connectivity index (χ1v) is 6.68. The van der Waals surface area contributed by atoms with Crippen LogP contribution in [0.15, 0.2) is 24.3 Å². The molecule has 0 unspecified atom stereocenters. The third-order valence-corrected chi connectivity index (χ3v) is 4.21. The summed E-state index contributed by atoms with van der Waals surface area (Å²) >= 11 is 0. The zero-order valence-corrected chi connectivity index (χ0v) is 11.0. The van der Waals surface area contributed by atoms with Crippen LogP contribution < -0.4 is 10.2 Å². The zero-order valence-electron chi connectivity index (χ0n) is 11.0.